The lowest BCUT2D eigenvalue weighted by Crippen LogP contribution is -2.48. The Morgan fingerprint density at radius 2 is 1.17 bits per heavy atom. The monoisotopic (exact) mass is 488 g/mol. The van der Waals surface area contributed by atoms with Crippen molar-refractivity contribution in [3.05, 3.63) is 12.3 Å². The molecule has 3 aliphatic rings. The number of nitrogens with zero attached hydrogens (tertiary/aromatic N) is 7. The van der Waals surface area contributed by atoms with Gasteiger partial charge in [-0.05, 0) is 20.2 Å². The van der Waals surface area contributed by atoms with Gasteiger partial charge in [-0.2, -0.15) is 0 Å². The number of hydrogen-bond acceptors (Lipinski definition) is 10. The average molecular weight is 489 g/mol. The molecule has 0 spiro atoms. The number of likely N-dealkylation sites (N-methyl/N-ethyl adjacent to an activating group) is 2. The number of aromatic nitrogens is 1. The van der Waals surface area contributed by atoms with Gasteiger partial charge in [0.25, 0.3) is 0 Å². The standard InChI is InChI=1S/C25H48N10/c1-30-11-15-32(16-12-30)7-3-27-5-9-34-19-20-35(25-24(34)21-23(26)22-29-25)10-6-28-4-8-33-17-13-31(2)14-18-33/h21-22,27-28H,3-20,26H2,1-2H3. The largest absolute Gasteiger partial charge is 0.397 e. The van der Waals surface area contributed by atoms with E-state index in [2.05, 4.69) is 60.2 Å². The second kappa shape index (κ2) is 13.6. The van der Waals surface area contributed by atoms with Gasteiger partial charge >= 0.3 is 0 Å². The summed E-state index contributed by atoms with van der Waals surface area (Å²) in [6.45, 7) is 19.8. The number of rotatable bonds is 12. The van der Waals surface area contributed by atoms with Gasteiger partial charge in [0.1, 0.15) is 0 Å². The molecule has 0 unspecified atom stereocenters. The molecule has 10 heteroatoms. The molecule has 3 aliphatic heterocycles. The third-order valence-electron chi connectivity index (χ3n) is 7.67. The van der Waals surface area contributed by atoms with Gasteiger partial charge in [0.05, 0.1) is 17.6 Å². The Labute approximate surface area is 212 Å². The van der Waals surface area contributed by atoms with Crippen LogP contribution in [0, 0.1) is 0 Å². The molecule has 198 valence electrons. The van der Waals surface area contributed by atoms with Crippen molar-refractivity contribution in [3.8, 4) is 0 Å². The van der Waals surface area contributed by atoms with Crippen LogP contribution in [0.4, 0.5) is 17.2 Å². The number of pyridine rings is 1. The normalized spacial score (nSPS) is 21.0. The number of nitrogens with one attached hydrogen (secondary N) is 2. The molecule has 4 heterocycles. The van der Waals surface area contributed by atoms with E-state index in [1.54, 1.807) is 6.20 Å². The molecule has 35 heavy (non-hydrogen) atoms. The van der Waals surface area contributed by atoms with Crippen LogP contribution in [0.3, 0.4) is 0 Å². The van der Waals surface area contributed by atoms with E-state index in [4.69, 9.17) is 10.7 Å². The van der Waals surface area contributed by atoms with Crippen LogP contribution in [-0.4, -0.2) is 156 Å². The molecular formula is C25H48N10. The van der Waals surface area contributed by atoms with Crippen LogP contribution in [0.15, 0.2) is 12.3 Å². The average Bonchev–Trinajstić information content (AvgIpc) is 2.86. The van der Waals surface area contributed by atoms with Gasteiger partial charge < -0.3 is 36.0 Å². The molecule has 0 radical (unpaired) electrons. The Balaban J connectivity index is 1.16. The number of nitrogen functional groups attached to an aromatic ring is 1. The molecule has 4 N–H and O–H groups in total. The highest BCUT2D eigenvalue weighted by Crippen LogP contribution is 2.31. The molecule has 1 aromatic rings. The fourth-order valence-electron chi connectivity index (χ4n) is 5.15. The van der Waals surface area contributed by atoms with Crippen molar-refractivity contribution in [2.45, 2.75) is 0 Å². The zero-order valence-electron chi connectivity index (χ0n) is 22.1. The zero-order chi connectivity index (χ0) is 24.5. The van der Waals surface area contributed by atoms with Gasteiger partial charge in [0.15, 0.2) is 5.82 Å². The minimum Gasteiger partial charge on any atom is -0.397 e. The minimum atomic E-state index is 0.740. The molecule has 0 aliphatic carbocycles. The maximum Gasteiger partial charge on any atom is 0.152 e. The predicted molar refractivity (Wildman–Crippen MR) is 147 cm³/mol. The molecule has 1 aromatic heterocycles. The van der Waals surface area contributed by atoms with Crippen molar-refractivity contribution < 1.29 is 0 Å². The lowest BCUT2D eigenvalue weighted by molar-refractivity contribution is 0.155. The molecule has 0 amide bonds. The first kappa shape index (κ1) is 26.4. The molecule has 2 saturated heterocycles. The molecule has 0 aromatic carbocycles. The third kappa shape index (κ3) is 8.16. The second-order valence-electron chi connectivity index (χ2n) is 10.4. The van der Waals surface area contributed by atoms with Crippen LogP contribution in [0.25, 0.3) is 0 Å². The van der Waals surface area contributed by atoms with Gasteiger partial charge in [-0.3, -0.25) is 9.80 Å². The fraction of sp³-hybridized carbons (Fsp3) is 0.800. The Kier molecular flexibility index (Phi) is 10.2. The number of fused-ring (bicyclic) bond motifs is 1. The Hall–Kier alpha value is -1.69. The number of hydrogen-bond donors (Lipinski definition) is 3. The van der Waals surface area contributed by atoms with Crippen LogP contribution in [0.1, 0.15) is 0 Å². The van der Waals surface area contributed by atoms with Crippen LogP contribution in [0.2, 0.25) is 0 Å². The maximum atomic E-state index is 6.13. The van der Waals surface area contributed by atoms with Gasteiger partial charge in [-0.1, -0.05) is 0 Å². The highest BCUT2D eigenvalue weighted by molar-refractivity contribution is 5.72. The van der Waals surface area contributed by atoms with E-state index in [-0.39, 0.29) is 0 Å². The van der Waals surface area contributed by atoms with Crippen molar-refractivity contribution in [3.63, 3.8) is 0 Å². The van der Waals surface area contributed by atoms with E-state index in [1.165, 1.54) is 58.0 Å². The van der Waals surface area contributed by atoms with Crippen molar-refractivity contribution in [1.82, 2.24) is 35.2 Å². The summed E-state index contributed by atoms with van der Waals surface area (Å²) in [5.74, 6) is 1.07. The lowest BCUT2D eigenvalue weighted by Gasteiger charge is -2.38. The summed E-state index contributed by atoms with van der Waals surface area (Å²) in [5, 5.41) is 7.29. The summed E-state index contributed by atoms with van der Waals surface area (Å²) in [6.07, 6.45) is 1.80. The molecule has 10 nitrogen and oxygen atoms in total. The molecule has 0 saturated carbocycles. The quantitative estimate of drug-likeness (QED) is 0.318. The van der Waals surface area contributed by atoms with Gasteiger partial charge in [0.2, 0.25) is 0 Å². The van der Waals surface area contributed by atoms with E-state index < -0.39 is 0 Å². The summed E-state index contributed by atoms with van der Waals surface area (Å²) < 4.78 is 0. The summed E-state index contributed by atoms with van der Waals surface area (Å²) in [6, 6.07) is 2.10. The first-order valence-corrected chi connectivity index (χ1v) is 13.6. The van der Waals surface area contributed by atoms with Crippen molar-refractivity contribution in [2.24, 2.45) is 0 Å². The minimum absolute atomic E-state index is 0.740. The molecule has 0 atom stereocenters. The van der Waals surface area contributed by atoms with Crippen LogP contribution in [0.5, 0.6) is 0 Å². The van der Waals surface area contributed by atoms with Crippen molar-refractivity contribution in [2.75, 3.05) is 147 Å². The first-order valence-electron chi connectivity index (χ1n) is 13.6. The Bertz CT molecular complexity index is 746. The molecule has 0 bridgehead atoms. The summed E-state index contributed by atoms with van der Waals surface area (Å²) in [7, 11) is 4.42. The highest BCUT2D eigenvalue weighted by Gasteiger charge is 2.24. The number of anilines is 3. The third-order valence-corrected chi connectivity index (χ3v) is 7.67. The summed E-state index contributed by atoms with van der Waals surface area (Å²) in [4.78, 5) is 19.5. The van der Waals surface area contributed by atoms with Gasteiger partial charge in [0, 0.05) is 118 Å². The van der Waals surface area contributed by atoms with Crippen molar-refractivity contribution in [1.29, 1.82) is 0 Å². The van der Waals surface area contributed by atoms with Crippen LogP contribution < -0.4 is 26.2 Å². The fourth-order valence-corrected chi connectivity index (χ4v) is 5.15. The van der Waals surface area contributed by atoms with E-state index in [0.717, 1.165) is 77.0 Å². The first-order chi connectivity index (χ1) is 17.1. The van der Waals surface area contributed by atoms with E-state index >= 15 is 0 Å². The predicted octanol–water partition coefficient (Wildman–Crippen LogP) is -1.04. The maximum absolute atomic E-state index is 6.13. The topological polar surface area (TPSA) is 82.4 Å². The number of piperazine rings is 2. The summed E-state index contributed by atoms with van der Waals surface area (Å²) in [5.41, 5.74) is 8.04. The van der Waals surface area contributed by atoms with Crippen LogP contribution in [-0.2, 0) is 0 Å². The Morgan fingerprint density at radius 1 is 0.686 bits per heavy atom. The smallest absolute Gasteiger partial charge is 0.152 e. The molecular weight excluding hydrogens is 440 g/mol. The zero-order valence-corrected chi connectivity index (χ0v) is 22.1. The van der Waals surface area contributed by atoms with Gasteiger partial charge in [-0.25, -0.2) is 4.98 Å². The second-order valence-corrected chi connectivity index (χ2v) is 10.4. The van der Waals surface area contributed by atoms with Gasteiger partial charge in [-0.15, -0.1) is 0 Å². The number of nitrogens with two attached hydrogens (primary N) is 1. The molecule has 4 rings (SSSR count). The highest BCUT2D eigenvalue weighted by atomic mass is 15.3. The van der Waals surface area contributed by atoms with Crippen LogP contribution >= 0.6 is 0 Å². The SMILES string of the molecule is CN1CCN(CCNCCN2CCN(CCNCCN3CCN(C)CC3)c3ncc(N)cc32)CC1. The molecule has 2 fully saturated rings. The van der Waals surface area contributed by atoms with Crippen molar-refractivity contribution >= 4 is 17.2 Å². The van der Waals surface area contributed by atoms with E-state index in [0.29, 0.717) is 0 Å². The lowest BCUT2D eigenvalue weighted by atomic mass is 10.2. The van der Waals surface area contributed by atoms with E-state index in [1.807, 2.05) is 0 Å². The Morgan fingerprint density at radius 3 is 1.74 bits per heavy atom. The van der Waals surface area contributed by atoms with E-state index in [9.17, 15) is 0 Å². The summed E-state index contributed by atoms with van der Waals surface area (Å²) >= 11 is 0.